The van der Waals surface area contributed by atoms with E-state index in [9.17, 15) is 4.79 Å². The second-order valence-corrected chi connectivity index (χ2v) is 4.89. The largest absolute Gasteiger partial charge is 0.383 e. The number of aryl methyl sites for hydroxylation is 1. The van der Waals surface area contributed by atoms with Crippen molar-refractivity contribution in [1.82, 2.24) is 5.32 Å². The van der Waals surface area contributed by atoms with Crippen LogP contribution >= 0.6 is 0 Å². The Morgan fingerprint density at radius 1 is 1.29 bits per heavy atom. The first-order valence-electron chi connectivity index (χ1n) is 7.47. The zero-order valence-electron chi connectivity index (χ0n) is 13.5. The van der Waals surface area contributed by atoms with E-state index in [1.165, 1.54) is 5.69 Å². The molecule has 0 aliphatic carbocycles. The molecule has 0 spiro atoms. The smallest absolute Gasteiger partial charge is 0.238 e. The van der Waals surface area contributed by atoms with Gasteiger partial charge in [0.2, 0.25) is 5.91 Å². The van der Waals surface area contributed by atoms with Crippen molar-refractivity contribution < 1.29 is 9.53 Å². The van der Waals surface area contributed by atoms with E-state index in [2.05, 4.69) is 35.4 Å². The number of nitrogens with zero attached hydrogens (tertiary/aromatic N) is 1. The predicted molar refractivity (Wildman–Crippen MR) is 88.1 cm³/mol. The average molecular weight is 293 g/mol. The van der Waals surface area contributed by atoms with Gasteiger partial charge in [0, 0.05) is 38.1 Å². The number of rotatable bonds is 9. The van der Waals surface area contributed by atoms with Crippen LogP contribution in [0.1, 0.15) is 19.4 Å². The lowest BCUT2D eigenvalue weighted by molar-refractivity contribution is -0.115. The zero-order chi connectivity index (χ0) is 15.7. The summed E-state index contributed by atoms with van der Waals surface area (Å²) in [6, 6.07) is 6.13. The number of amides is 1. The van der Waals surface area contributed by atoms with Gasteiger partial charge in [0.15, 0.2) is 0 Å². The number of hydrogen-bond acceptors (Lipinski definition) is 4. The van der Waals surface area contributed by atoms with E-state index in [0.717, 1.165) is 24.3 Å². The first-order chi connectivity index (χ1) is 10.1. The van der Waals surface area contributed by atoms with Gasteiger partial charge in [-0.25, -0.2) is 0 Å². The molecule has 21 heavy (non-hydrogen) atoms. The van der Waals surface area contributed by atoms with Crippen molar-refractivity contribution in [3.63, 3.8) is 0 Å². The van der Waals surface area contributed by atoms with Gasteiger partial charge in [-0.1, -0.05) is 0 Å². The standard InChI is InChI=1S/C16H27N3O2/c1-5-19(6-2)14-7-8-15(13(3)11-14)18-16(20)12-17-9-10-21-4/h7-8,11,17H,5-6,9-10,12H2,1-4H3,(H,18,20). The number of methoxy groups -OCH3 is 1. The zero-order valence-corrected chi connectivity index (χ0v) is 13.5. The van der Waals surface area contributed by atoms with Gasteiger partial charge < -0.3 is 20.3 Å². The van der Waals surface area contributed by atoms with E-state index in [1.807, 2.05) is 19.1 Å². The first-order valence-corrected chi connectivity index (χ1v) is 7.47. The number of nitrogens with one attached hydrogen (secondary N) is 2. The number of carbonyl (C=O) groups excluding carboxylic acids is 1. The van der Waals surface area contributed by atoms with Crippen LogP contribution in [0.25, 0.3) is 0 Å². The van der Waals surface area contributed by atoms with E-state index < -0.39 is 0 Å². The minimum absolute atomic E-state index is 0.0372. The summed E-state index contributed by atoms with van der Waals surface area (Å²) in [5.41, 5.74) is 3.13. The molecule has 0 saturated heterocycles. The highest BCUT2D eigenvalue weighted by Crippen LogP contribution is 2.22. The molecule has 0 unspecified atom stereocenters. The molecule has 0 heterocycles. The van der Waals surface area contributed by atoms with Crippen LogP contribution in [0.5, 0.6) is 0 Å². The van der Waals surface area contributed by atoms with Gasteiger partial charge in [-0.2, -0.15) is 0 Å². The summed E-state index contributed by atoms with van der Waals surface area (Å²) in [5, 5.41) is 5.96. The van der Waals surface area contributed by atoms with Gasteiger partial charge in [0.05, 0.1) is 13.2 Å². The van der Waals surface area contributed by atoms with Crippen molar-refractivity contribution >= 4 is 17.3 Å². The SMILES string of the molecule is CCN(CC)c1ccc(NC(=O)CNCCOC)c(C)c1. The second-order valence-electron chi connectivity index (χ2n) is 4.89. The lowest BCUT2D eigenvalue weighted by Gasteiger charge is -2.22. The highest BCUT2D eigenvalue weighted by Gasteiger charge is 2.07. The third-order valence-corrected chi connectivity index (χ3v) is 3.38. The molecule has 0 atom stereocenters. The van der Waals surface area contributed by atoms with Crippen molar-refractivity contribution in [3.05, 3.63) is 23.8 Å². The summed E-state index contributed by atoms with van der Waals surface area (Å²) in [4.78, 5) is 14.1. The van der Waals surface area contributed by atoms with E-state index in [4.69, 9.17) is 4.74 Å². The van der Waals surface area contributed by atoms with Crippen molar-refractivity contribution in [2.24, 2.45) is 0 Å². The monoisotopic (exact) mass is 293 g/mol. The van der Waals surface area contributed by atoms with Gasteiger partial charge in [0.25, 0.3) is 0 Å². The Labute approximate surface area is 127 Å². The fourth-order valence-electron chi connectivity index (χ4n) is 2.14. The highest BCUT2D eigenvalue weighted by atomic mass is 16.5. The lowest BCUT2D eigenvalue weighted by atomic mass is 10.1. The fourth-order valence-corrected chi connectivity index (χ4v) is 2.14. The molecule has 1 aromatic rings. The number of carbonyl (C=O) groups is 1. The molecular weight excluding hydrogens is 266 g/mol. The number of ether oxygens (including phenoxy) is 1. The van der Waals surface area contributed by atoms with Gasteiger partial charge in [-0.3, -0.25) is 4.79 Å². The molecule has 0 fully saturated rings. The summed E-state index contributed by atoms with van der Waals surface area (Å²) in [6.07, 6.45) is 0. The summed E-state index contributed by atoms with van der Waals surface area (Å²) in [6.45, 7) is 9.81. The predicted octanol–water partition coefficient (Wildman–Crippen LogP) is 2.02. The number of anilines is 2. The minimum Gasteiger partial charge on any atom is -0.383 e. The van der Waals surface area contributed by atoms with Crippen LogP contribution in [-0.2, 0) is 9.53 Å². The van der Waals surface area contributed by atoms with Crippen LogP contribution in [0.4, 0.5) is 11.4 Å². The Balaban J connectivity index is 2.58. The van der Waals surface area contributed by atoms with Crippen LogP contribution in [0.15, 0.2) is 18.2 Å². The topological polar surface area (TPSA) is 53.6 Å². The van der Waals surface area contributed by atoms with Gasteiger partial charge in [-0.05, 0) is 44.5 Å². The molecule has 118 valence electrons. The van der Waals surface area contributed by atoms with Crippen LogP contribution in [0.2, 0.25) is 0 Å². The van der Waals surface area contributed by atoms with E-state index in [1.54, 1.807) is 7.11 Å². The molecule has 0 bridgehead atoms. The maximum atomic E-state index is 11.8. The van der Waals surface area contributed by atoms with Gasteiger partial charge in [-0.15, -0.1) is 0 Å². The third-order valence-electron chi connectivity index (χ3n) is 3.38. The Kier molecular flexibility index (Phi) is 7.79. The summed E-state index contributed by atoms with van der Waals surface area (Å²) >= 11 is 0. The highest BCUT2D eigenvalue weighted by molar-refractivity contribution is 5.93. The fraction of sp³-hybridized carbons (Fsp3) is 0.562. The minimum atomic E-state index is -0.0372. The van der Waals surface area contributed by atoms with Crippen LogP contribution in [0, 0.1) is 6.92 Å². The van der Waals surface area contributed by atoms with Crippen LogP contribution in [-0.4, -0.2) is 45.8 Å². The second kappa shape index (κ2) is 9.37. The molecule has 0 radical (unpaired) electrons. The van der Waals surface area contributed by atoms with Crippen LogP contribution < -0.4 is 15.5 Å². The number of benzene rings is 1. The Bertz CT molecular complexity index is 445. The van der Waals surface area contributed by atoms with Crippen molar-refractivity contribution in [2.45, 2.75) is 20.8 Å². The third kappa shape index (κ3) is 5.73. The van der Waals surface area contributed by atoms with E-state index in [-0.39, 0.29) is 5.91 Å². The molecule has 1 rings (SSSR count). The summed E-state index contributed by atoms with van der Waals surface area (Å²) in [7, 11) is 1.64. The molecule has 0 aliphatic heterocycles. The molecule has 0 aliphatic rings. The Morgan fingerprint density at radius 3 is 2.57 bits per heavy atom. The van der Waals surface area contributed by atoms with Crippen molar-refractivity contribution in [3.8, 4) is 0 Å². The number of hydrogen-bond donors (Lipinski definition) is 2. The Morgan fingerprint density at radius 2 is 2.00 bits per heavy atom. The van der Waals surface area contributed by atoms with Gasteiger partial charge in [0.1, 0.15) is 0 Å². The molecule has 0 aromatic heterocycles. The molecule has 5 heteroatoms. The molecular formula is C16H27N3O2. The Hall–Kier alpha value is -1.59. The molecule has 1 amide bonds. The van der Waals surface area contributed by atoms with Crippen molar-refractivity contribution in [2.75, 3.05) is 50.1 Å². The molecule has 1 aromatic carbocycles. The maximum absolute atomic E-state index is 11.8. The van der Waals surface area contributed by atoms with Gasteiger partial charge >= 0.3 is 0 Å². The first kappa shape index (κ1) is 17.5. The normalized spacial score (nSPS) is 10.5. The van der Waals surface area contributed by atoms with Crippen molar-refractivity contribution in [1.29, 1.82) is 0 Å². The maximum Gasteiger partial charge on any atom is 0.238 e. The quantitative estimate of drug-likeness (QED) is 0.684. The lowest BCUT2D eigenvalue weighted by Crippen LogP contribution is -2.30. The summed E-state index contributed by atoms with van der Waals surface area (Å²) < 4.78 is 4.92. The summed E-state index contributed by atoms with van der Waals surface area (Å²) in [5.74, 6) is -0.0372. The molecule has 2 N–H and O–H groups in total. The van der Waals surface area contributed by atoms with E-state index >= 15 is 0 Å². The molecule has 5 nitrogen and oxygen atoms in total. The molecule has 0 saturated carbocycles. The van der Waals surface area contributed by atoms with Crippen LogP contribution in [0.3, 0.4) is 0 Å². The average Bonchev–Trinajstić information content (AvgIpc) is 2.47. The van der Waals surface area contributed by atoms with E-state index in [0.29, 0.717) is 19.7 Å².